The SMILES string of the molecule is Cc1ccc(S(=O)(=O)N2CCN(C(=O)c3cc(NS(C)(=O)=O)ccc3Cl)CC2)cc1. The van der Waals surface area contributed by atoms with Gasteiger partial charge in [-0.3, -0.25) is 9.52 Å². The molecule has 1 heterocycles. The quantitative estimate of drug-likeness (QED) is 0.719. The van der Waals surface area contributed by atoms with Gasteiger partial charge in [0.25, 0.3) is 5.91 Å². The minimum atomic E-state index is -3.64. The second kappa shape index (κ2) is 8.54. The lowest BCUT2D eigenvalue weighted by Crippen LogP contribution is -2.50. The van der Waals surface area contributed by atoms with Gasteiger partial charge in [0.05, 0.1) is 21.7 Å². The molecule has 0 spiro atoms. The number of rotatable bonds is 5. The predicted octanol–water partition coefficient (Wildman–Crippen LogP) is 2.17. The predicted molar refractivity (Wildman–Crippen MR) is 116 cm³/mol. The van der Waals surface area contributed by atoms with Gasteiger partial charge in [0.15, 0.2) is 0 Å². The summed E-state index contributed by atoms with van der Waals surface area (Å²) in [6.45, 7) is 2.59. The molecule has 1 aliphatic heterocycles. The van der Waals surface area contributed by atoms with E-state index < -0.39 is 20.0 Å². The number of sulfonamides is 2. The van der Waals surface area contributed by atoms with Crippen LogP contribution in [0.15, 0.2) is 47.4 Å². The highest BCUT2D eigenvalue weighted by Gasteiger charge is 2.31. The number of aryl methyl sites for hydroxylation is 1. The normalized spacial score (nSPS) is 15.8. The number of piperazine rings is 1. The molecule has 0 atom stereocenters. The molecule has 3 rings (SSSR count). The van der Waals surface area contributed by atoms with Gasteiger partial charge in [0, 0.05) is 31.9 Å². The first kappa shape index (κ1) is 22.5. The number of nitrogens with one attached hydrogen (secondary N) is 1. The zero-order valence-electron chi connectivity index (χ0n) is 16.5. The van der Waals surface area contributed by atoms with Gasteiger partial charge in [-0.2, -0.15) is 4.31 Å². The summed E-state index contributed by atoms with van der Waals surface area (Å²) in [4.78, 5) is 14.6. The summed E-state index contributed by atoms with van der Waals surface area (Å²) in [7, 11) is -7.14. The fourth-order valence-corrected chi connectivity index (χ4v) is 5.30. The smallest absolute Gasteiger partial charge is 0.255 e. The molecule has 1 amide bonds. The fraction of sp³-hybridized carbons (Fsp3) is 0.316. The monoisotopic (exact) mass is 471 g/mol. The van der Waals surface area contributed by atoms with Crippen molar-refractivity contribution >= 4 is 43.2 Å². The number of nitrogens with zero attached hydrogens (tertiary/aromatic N) is 2. The molecular weight excluding hydrogens is 450 g/mol. The van der Waals surface area contributed by atoms with Crippen molar-refractivity contribution < 1.29 is 21.6 Å². The first-order valence-corrected chi connectivity index (χ1v) is 12.8. The van der Waals surface area contributed by atoms with Crippen molar-refractivity contribution in [1.82, 2.24) is 9.21 Å². The minimum absolute atomic E-state index is 0.153. The largest absolute Gasteiger partial charge is 0.336 e. The molecule has 30 heavy (non-hydrogen) atoms. The Morgan fingerprint density at radius 2 is 1.57 bits per heavy atom. The number of carbonyl (C=O) groups excluding carboxylic acids is 1. The van der Waals surface area contributed by atoms with E-state index in [9.17, 15) is 21.6 Å². The number of anilines is 1. The molecule has 0 unspecified atom stereocenters. The molecule has 0 aliphatic carbocycles. The number of benzene rings is 2. The Balaban J connectivity index is 1.73. The van der Waals surface area contributed by atoms with Crippen LogP contribution in [0.1, 0.15) is 15.9 Å². The summed E-state index contributed by atoms with van der Waals surface area (Å²) in [5, 5.41) is 0.189. The van der Waals surface area contributed by atoms with E-state index >= 15 is 0 Å². The standard InChI is InChI=1S/C19H22ClN3O5S2/c1-14-3-6-16(7-4-14)30(27,28)23-11-9-22(10-12-23)19(24)17-13-15(5-8-18(17)20)21-29(2,25)26/h3-8,13,21H,9-12H2,1-2H3. The lowest BCUT2D eigenvalue weighted by Gasteiger charge is -2.34. The number of hydrogen-bond acceptors (Lipinski definition) is 5. The van der Waals surface area contributed by atoms with Crippen LogP contribution < -0.4 is 4.72 Å². The minimum Gasteiger partial charge on any atom is -0.336 e. The number of carbonyl (C=O) groups is 1. The zero-order chi connectivity index (χ0) is 22.1. The van der Waals surface area contributed by atoms with Gasteiger partial charge in [0.1, 0.15) is 0 Å². The number of amides is 1. The van der Waals surface area contributed by atoms with Crippen molar-refractivity contribution in [3.63, 3.8) is 0 Å². The molecular formula is C19H22ClN3O5S2. The lowest BCUT2D eigenvalue weighted by molar-refractivity contribution is 0.0698. The van der Waals surface area contributed by atoms with E-state index in [1.807, 2.05) is 6.92 Å². The number of hydrogen-bond donors (Lipinski definition) is 1. The van der Waals surface area contributed by atoms with Gasteiger partial charge < -0.3 is 4.90 Å². The van der Waals surface area contributed by atoms with Gasteiger partial charge in [-0.15, -0.1) is 0 Å². The van der Waals surface area contributed by atoms with Gasteiger partial charge in [0.2, 0.25) is 20.0 Å². The van der Waals surface area contributed by atoms with E-state index in [2.05, 4.69) is 4.72 Å². The van der Waals surface area contributed by atoms with Crippen molar-refractivity contribution in [3.8, 4) is 0 Å². The first-order chi connectivity index (χ1) is 14.0. The Kier molecular flexibility index (Phi) is 6.42. The summed E-state index contributed by atoms with van der Waals surface area (Å²) < 4.78 is 52.2. The summed E-state index contributed by atoms with van der Waals surface area (Å²) in [6.07, 6.45) is 1.01. The van der Waals surface area contributed by atoms with Gasteiger partial charge in [-0.05, 0) is 37.3 Å². The average Bonchev–Trinajstić information content (AvgIpc) is 2.68. The van der Waals surface area contributed by atoms with E-state index in [0.29, 0.717) is 0 Å². The fourth-order valence-electron chi connectivity index (χ4n) is 3.13. The van der Waals surface area contributed by atoms with E-state index in [1.165, 1.54) is 27.4 Å². The molecule has 0 saturated carbocycles. The van der Waals surface area contributed by atoms with Crippen LogP contribution in [0.2, 0.25) is 5.02 Å². The molecule has 2 aromatic carbocycles. The number of halogens is 1. The highest BCUT2D eigenvalue weighted by Crippen LogP contribution is 2.24. The van der Waals surface area contributed by atoms with Gasteiger partial charge in [-0.1, -0.05) is 29.3 Å². The summed E-state index contributed by atoms with van der Waals surface area (Å²) in [6, 6.07) is 10.9. The molecule has 11 heteroatoms. The van der Waals surface area contributed by atoms with Crippen molar-refractivity contribution in [3.05, 3.63) is 58.6 Å². The molecule has 162 valence electrons. The van der Waals surface area contributed by atoms with Crippen LogP contribution in [0.25, 0.3) is 0 Å². The Labute approximate surface area is 181 Å². The Hall–Kier alpha value is -2.14. The molecule has 0 bridgehead atoms. The molecule has 0 aromatic heterocycles. The van der Waals surface area contributed by atoms with Crippen LogP contribution in [0.5, 0.6) is 0 Å². The average molecular weight is 472 g/mol. The highest BCUT2D eigenvalue weighted by atomic mass is 35.5. The van der Waals surface area contributed by atoms with E-state index in [1.54, 1.807) is 24.3 Å². The van der Waals surface area contributed by atoms with E-state index in [4.69, 9.17) is 11.6 Å². The summed E-state index contributed by atoms with van der Waals surface area (Å²) in [5.74, 6) is -0.385. The maximum absolute atomic E-state index is 12.9. The molecule has 1 saturated heterocycles. The van der Waals surface area contributed by atoms with Crippen LogP contribution in [-0.4, -0.2) is 64.4 Å². The highest BCUT2D eigenvalue weighted by molar-refractivity contribution is 7.92. The van der Waals surface area contributed by atoms with Crippen molar-refractivity contribution in [2.75, 3.05) is 37.2 Å². The molecule has 8 nitrogen and oxygen atoms in total. The lowest BCUT2D eigenvalue weighted by atomic mass is 10.1. The Morgan fingerprint density at radius 1 is 0.967 bits per heavy atom. The Bertz CT molecular complexity index is 1160. The van der Waals surface area contributed by atoms with Crippen LogP contribution in [0, 0.1) is 6.92 Å². The maximum Gasteiger partial charge on any atom is 0.255 e. The third-order valence-corrected chi connectivity index (χ3v) is 7.53. The second-order valence-corrected chi connectivity index (χ2v) is 11.2. The van der Waals surface area contributed by atoms with Crippen LogP contribution in [0.3, 0.4) is 0 Å². The molecule has 1 aliphatic rings. The van der Waals surface area contributed by atoms with Crippen molar-refractivity contribution in [2.24, 2.45) is 0 Å². The molecule has 0 radical (unpaired) electrons. The molecule has 2 aromatic rings. The van der Waals surface area contributed by atoms with E-state index in [0.717, 1.165) is 11.8 Å². The van der Waals surface area contributed by atoms with E-state index in [-0.39, 0.29) is 53.3 Å². The van der Waals surface area contributed by atoms with Gasteiger partial charge in [-0.25, -0.2) is 16.8 Å². The molecule has 1 fully saturated rings. The Morgan fingerprint density at radius 3 is 2.13 bits per heavy atom. The third-order valence-electron chi connectivity index (χ3n) is 4.68. The van der Waals surface area contributed by atoms with Crippen molar-refractivity contribution in [2.45, 2.75) is 11.8 Å². The molecule has 1 N–H and O–H groups in total. The topological polar surface area (TPSA) is 104 Å². The first-order valence-electron chi connectivity index (χ1n) is 9.11. The van der Waals surface area contributed by atoms with Crippen LogP contribution >= 0.6 is 11.6 Å². The van der Waals surface area contributed by atoms with Gasteiger partial charge >= 0.3 is 0 Å². The zero-order valence-corrected chi connectivity index (χ0v) is 18.9. The summed E-state index contributed by atoms with van der Waals surface area (Å²) >= 11 is 6.14. The van der Waals surface area contributed by atoms with Crippen molar-refractivity contribution in [1.29, 1.82) is 0 Å². The van der Waals surface area contributed by atoms with Crippen LogP contribution in [0.4, 0.5) is 5.69 Å². The van der Waals surface area contributed by atoms with Crippen LogP contribution in [-0.2, 0) is 20.0 Å². The summed E-state index contributed by atoms with van der Waals surface area (Å²) in [5.41, 5.74) is 1.35. The third kappa shape index (κ3) is 5.12. The second-order valence-electron chi connectivity index (χ2n) is 7.08. The maximum atomic E-state index is 12.9.